The van der Waals surface area contributed by atoms with Crippen molar-refractivity contribution in [2.45, 2.75) is 25.8 Å². The molecule has 1 aliphatic heterocycles. The number of aryl methyl sites for hydroxylation is 1. The van der Waals surface area contributed by atoms with E-state index in [1.807, 2.05) is 0 Å². The summed E-state index contributed by atoms with van der Waals surface area (Å²) in [4.78, 5) is 17.7. The lowest BCUT2D eigenvalue weighted by Gasteiger charge is -2.34. The second kappa shape index (κ2) is 7.09. The number of nitrogens with zero attached hydrogens (tertiary/aromatic N) is 2. The highest BCUT2D eigenvalue weighted by Crippen LogP contribution is 2.27. The van der Waals surface area contributed by atoms with Crippen molar-refractivity contribution >= 4 is 29.0 Å². The maximum atomic E-state index is 11.2. The van der Waals surface area contributed by atoms with Crippen LogP contribution in [0.4, 0.5) is 11.5 Å². The van der Waals surface area contributed by atoms with Gasteiger partial charge < -0.3 is 16.0 Å². The zero-order valence-corrected chi connectivity index (χ0v) is 14.4. The molecule has 0 unspecified atom stereocenters. The molecule has 24 heavy (non-hydrogen) atoms. The lowest BCUT2D eigenvalue weighted by molar-refractivity contribution is 0.1000. The molecule has 1 saturated heterocycles. The van der Waals surface area contributed by atoms with Crippen LogP contribution in [0.15, 0.2) is 36.5 Å². The van der Waals surface area contributed by atoms with Crippen LogP contribution in [0.1, 0.15) is 28.8 Å². The smallest absolute Gasteiger partial charge is 0.250 e. The number of pyridine rings is 1. The number of piperidine rings is 1. The van der Waals surface area contributed by atoms with Crippen molar-refractivity contribution in [2.24, 2.45) is 5.73 Å². The molecule has 2 heterocycles. The van der Waals surface area contributed by atoms with Crippen LogP contribution < -0.4 is 16.0 Å². The van der Waals surface area contributed by atoms with Gasteiger partial charge in [-0.2, -0.15) is 0 Å². The number of anilines is 2. The predicted molar refractivity (Wildman–Crippen MR) is 97.8 cm³/mol. The molecule has 0 saturated carbocycles. The number of benzene rings is 1. The van der Waals surface area contributed by atoms with Crippen molar-refractivity contribution < 1.29 is 4.79 Å². The van der Waals surface area contributed by atoms with Crippen LogP contribution in [0.25, 0.3) is 0 Å². The van der Waals surface area contributed by atoms with E-state index in [9.17, 15) is 4.79 Å². The van der Waals surface area contributed by atoms with Crippen molar-refractivity contribution in [3.8, 4) is 0 Å². The van der Waals surface area contributed by atoms with Crippen molar-refractivity contribution in [1.82, 2.24) is 4.98 Å². The zero-order chi connectivity index (χ0) is 17.1. The first-order valence-electron chi connectivity index (χ1n) is 8.06. The molecule has 1 aliphatic rings. The lowest BCUT2D eigenvalue weighted by Crippen LogP contribution is -2.39. The first kappa shape index (κ1) is 16.6. The molecule has 2 aromatic rings. The Morgan fingerprint density at radius 2 is 2.08 bits per heavy atom. The van der Waals surface area contributed by atoms with Gasteiger partial charge in [-0.3, -0.25) is 4.79 Å². The third-order valence-corrected chi connectivity index (χ3v) is 4.57. The number of nitrogens with two attached hydrogens (primary N) is 1. The summed E-state index contributed by atoms with van der Waals surface area (Å²) in [6.07, 6.45) is 3.49. The quantitative estimate of drug-likeness (QED) is 0.893. The minimum Gasteiger partial charge on any atom is -0.382 e. The van der Waals surface area contributed by atoms with Gasteiger partial charge in [-0.15, -0.1) is 0 Å². The molecular weight excluding hydrogens is 324 g/mol. The molecule has 1 fully saturated rings. The third-order valence-electron chi connectivity index (χ3n) is 4.29. The first-order valence-corrected chi connectivity index (χ1v) is 8.44. The molecule has 0 spiro atoms. The topological polar surface area (TPSA) is 71.2 Å². The van der Waals surface area contributed by atoms with Gasteiger partial charge in [0.05, 0.1) is 10.6 Å². The van der Waals surface area contributed by atoms with Crippen molar-refractivity contribution in [2.75, 3.05) is 23.3 Å². The number of primary amides is 1. The monoisotopic (exact) mass is 344 g/mol. The Hall–Kier alpha value is -2.27. The SMILES string of the molecule is Cc1cccc(NC2CCN(c3ncc(C(N)=O)cc3Cl)CC2)c1. The molecule has 1 aromatic heterocycles. The standard InChI is InChI=1S/C18H21ClN4O/c1-12-3-2-4-15(9-12)22-14-5-7-23(8-6-14)18-16(19)10-13(11-21-18)17(20)24/h2-4,9-11,14,22H,5-8H2,1H3,(H2,20,24). The lowest BCUT2D eigenvalue weighted by atomic mass is 10.0. The van der Waals surface area contributed by atoms with E-state index in [2.05, 4.69) is 46.4 Å². The number of nitrogens with one attached hydrogen (secondary N) is 1. The average Bonchev–Trinajstić information content (AvgIpc) is 2.55. The summed E-state index contributed by atoms with van der Waals surface area (Å²) >= 11 is 6.26. The van der Waals surface area contributed by atoms with Crippen LogP contribution in [0, 0.1) is 6.92 Å². The maximum absolute atomic E-state index is 11.2. The van der Waals surface area contributed by atoms with Crippen LogP contribution in [-0.2, 0) is 0 Å². The number of carbonyl (C=O) groups excluding carboxylic acids is 1. The van der Waals surface area contributed by atoms with Crippen LogP contribution in [0.5, 0.6) is 0 Å². The second-order valence-corrected chi connectivity index (χ2v) is 6.58. The Morgan fingerprint density at radius 3 is 2.71 bits per heavy atom. The van der Waals surface area contributed by atoms with E-state index in [1.165, 1.54) is 11.8 Å². The Labute approximate surface area is 146 Å². The number of aromatic nitrogens is 1. The Bertz CT molecular complexity index is 742. The van der Waals surface area contributed by atoms with Gasteiger partial charge in [0.2, 0.25) is 5.91 Å². The summed E-state index contributed by atoms with van der Waals surface area (Å²) in [5.74, 6) is 0.202. The van der Waals surface area contributed by atoms with Crippen molar-refractivity contribution in [3.05, 3.63) is 52.7 Å². The minimum atomic E-state index is -0.517. The highest BCUT2D eigenvalue weighted by Gasteiger charge is 2.22. The molecule has 0 bridgehead atoms. The van der Waals surface area contributed by atoms with Crippen molar-refractivity contribution in [1.29, 1.82) is 0 Å². The fraction of sp³-hybridized carbons (Fsp3) is 0.333. The summed E-state index contributed by atoms with van der Waals surface area (Å²) in [5, 5.41) is 4.06. The number of hydrogen-bond donors (Lipinski definition) is 2. The van der Waals surface area contributed by atoms with Gasteiger partial charge in [-0.1, -0.05) is 23.7 Å². The van der Waals surface area contributed by atoms with Crippen LogP contribution in [-0.4, -0.2) is 30.0 Å². The molecule has 3 rings (SSSR count). The molecule has 0 atom stereocenters. The van der Waals surface area contributed by atoms with E-state index in [-0.39, 0.29) is 0 Å². The van der Waals surface area contributed by atoms with Gasteiger partial charge in [0.25, 0.3) is 0 Å². The molecule has 0 radical (unpaired) electrons. The van der Waals surface area contributed by atoms with Gasteiger partial charge in [-0.05, 0) is 43.5 Å². The fourth-order valence-corrected chi connectivity index (χ4v) is 3.29. The predicted octanol–water partition coefficient (Wildman–Crippen LogP) is 3.22. The van der Waals surface area contributed by atoms with Gasteiger partial charge >= 0.3 is 0 Å². The van der Waals surface area contributed by atoms with E-state index in [1.54, 1.807) is 6.07 Å². The van der Waals surface area contributed by atoms with Crippen LogP contribution in [0.2, 0.25) is 5.02 Å². The summed E-state index contributed by atoms with van der Waals surface area (Å²) in [7, 11) is 0. The van der Waals surface area contributed by atoms with E-state index in [0.29, 0.717) is 16.6 Å². The number of rotatable bonds is 4. The van der Waals surface area contributed by atoms with Gasteiger partial charge in [0, 0.05) is 31.0 Å². The second-order valence-electron chi connectivity index (χ2n) is 6.17. The summed E-state index contributed by atoms with van der Waals surface area (Å²) in [6, 6.07) is 10.4. The molecule has 5 nitrogen and oxygen atoms in total. The molecule has 3 N–H and O–H groups in total. The summed E-state index contributed by atoms with van der Waals surface area (Å²) in [5.41, 5.74) is 8.00. The molecule has 0 aliphatic carbocycles. The largest absolute Gasteiger partial charge is 0.382 e. The van der Waals surface area contributed by atoms with Gasteiger partial charge in [-0.25, -0.2) is 4.98 Å². The Balaban J connectivity index is 1.62. The molecule has 1 amide bonds. The van der Waals surface area contributed by atoms with E-state index >= 15 is 0 Å². The highest BCUT2D eigenvalue weighted by molar-refractivity contribution is 6.33. The molecular formula is C18H21ClN4O. The Kier molecular flexibility index (Phi) is 4.90. The van der Waals surface area contributed by atoms with E-state index in [0.717, 1.165) is 37.4 Å². The summed E-state index contributed by atoms with van der Waals surface area (Å²) < 4.78 is 0. The van der Waals surface area contributed by atoms with Gasteiger partial charge in [0.1, 0.15) is 5.82 Å². The van der Waals surface area contributed by atoms with Gasteiger partial charge in [0.15, 0.2) is 0 Å². The molecule has 6 heteroatoms. The Morgan fingerprint density at radius 1 is 1.33 bits per heavy atom. The zero-order valence-electron chi connectivity index (χ0n) is 13.6. The molecule has 1 aromatic carbocycles. The fourth-order valence-electron chi connectivity index (χ4n) is 3.00. The number of hydrogen-bond acceptors (Lipinski definition) is 4. The van der Waals surface area contributed by atoms with Crippen LogP contribution in [0.3, 0.4) is 0 Å². The van der Waals surface area contributed by atoms with Crippen molar-refractivity contribution in [3.63, 3.8) is 0 Å². The third kappa shape index (κ3) is 3.79. The first-order chi connectivity index (χ1) is 11.5. The van der Waals surface area contributed by atoms with Crippen LogP contribution >= 0.6 is 11.6 Å². The molecule has 126 valence electrons. The average molecular weight is 345 g/mol. The number of halogens is 1. The number of amides is 1. The van der Waals surface area contributed by atoms with E-state index < -0.39 is 5.91 Å². The summed E-state index contributed by atoms with van der Waals surface area (Å²) in [6.45, 7) is 3.83. The number of carbonyl (C=O) groups is 1. The maximum Gasteiger partial charge on any atom is 0.250 e. The minimum absolute atomic E-state index is 0.333. The van der Waals surface area contributed by atoms with E-state index in [4.69, 9.17) is 17.3 Å². The normalized spacial score (nSPS) is 15.3. The highest BCUT2D eigenvalue weighted by atomic mass is 35.5.